The van der Waals surface area contributed by atoms with Gasteiger partial charge in [-0.1, -0.05) is 60.7 Å². The molecule has 20 heavy (non-hydrogen) atoms. The minimum atomic E-state index is 0. The molecule has 4 aromatic rings. The second kappa shape index (κ2) is 4.69. The molecule has 0 radical (unpaired) electrons. The second-order valence-corrected chi connectivity index (χ2v) is 4.90. The fourth-order valence-electron chi connectivity index (χ4n) is 2.91. The lowest BCUT2D eigenvalue weighted by atomic mass is 9.95. The molecule has 0 spiro atoms. The minimum Gasteiger partial charge on any atom is -0.398 e. The smallest absolute Gasteiger partial charge is 0.0400 e. The Kier molecular flexibility index (Phi) is 3.00. The highest BCUT2D eigenvalue weighted by molar-refractivity contribution is 6.22. The Labute approximate surface area is 123 Å². The standard InChI is InChI=1S/C18H13N.ClH/c19-17-11-13-10-9-12-5-1-2-6-14(12)18(13)16-8-4-3-7-15(16)17;/h1-11H,19H2;1H. The summed E-state index contributed by atoms with van der Waals surface area (Å²) in [5.41, 5.74) is 7.01. The van der Waals surface area contributed by atoms with Crippen LogP contribution in [0, 0.1) is 0 Å². The van der Waals surface area contributed by atoms with E-state index in [0.29, 0.717) is 0 Å². The fourth-order valence-corrected chi connectivity index (χ4v) is 2.91. The van der Waals surface area contributed by atoms with Crippen molar-refractivity contribution in [1.82, 2.24) is 0 Å². The van der Waals surface area contributed by atoms with Crippen LogP contribution in [-0.4, -0.2) is 0 Å². The summed E-state index contributed by atoms with van der Waals surface area (Å²) in [6.45, 7) is 0. The van der Waals surface area contributed by atoms with Crippen LogP contribution in [0.2, 0.25) is 0 Å². The van der Waals surface area contributed by atoms with Crippen LogP contribution in [0.15, 0.2) is 66.7 Å². The fraction of sp³-hybridized carbons (Fsp3) is 0. The van der Waals surface area contributed by atoms with E-state index in [1.165, 1.54) is 26.9 Å². The van der Waals surface area contributed by atoms with Crippen LogP contribution in [-0.2, 0) is 0 Å². The highest BCUT2D eigenvalue weighted by atomic mass is 35.5. The lowest BCUT2D eigenvalue weighted by molar-refractivity contribution is 1.76. The van der Waals surface area contributed by atoms with Gasteiger partial charge in [0.15, 0.2) is 0 Å². The third-order valence-corrected chi connectivity index (χ3v) is 3.78. The van der Waals surface area contributed by atoms with Crippen LogP contribution in [0.25, 0.3) is 32.3 Å². The maximum atomic E-state index is 6.17. The topological polar surface area (TPSA) is 26.0 Å². The van der Waals surface area contributed by atoms with Gasteiger partial charge in [-0.2, -0.15) is 0 Å². The molecule has 0 fully saturated rings. The number of benzene rings is 4. The molecule has 0 heterocycles. The molecule has 0 saturated heterocycles. The summed E-state index contributed by atoms with van der Waals surface area (Å²) in [6, 6.07) is 23.2. The largest absolute Gasteiger partial charge is 0.398 e. The highest BCUT2D eigenvalue weighted by Crippen LogP contribution is 2.34. The average Bonchev–Trinajstić information content (AvgIpc) is 2.47. The zero-order chi connectivity index (χ0) is 12.8. The maximum Gasteiger partial charge on any atom is 0.0400 e. The molecule has 0 aliphatic heterocycles. The molecule has 0 aliphatic carbocycles. The van der Waals surface area contributed by atoms with Gasteiger partial charge in [0.1, 0.15) is 0 Å². The van der Waals surface area contributed by atoms with E-state index in [4.69, 9.17) is 5.73 Å². The van der Waals surface area contributed by atoms with Crippen LogP contribution >= 0.6 is 12.4 Å². The van der Waals surface area contributed by atoms with Gasteiger partial charge in [-0.05, 0) is 33.0 Å². The number of hydrogen-bond acceptors (Lipinski definition) is 1. The average molecular weight is 280 g/mol. The van der Waals surface area contributed by atoms with Crippen molar-refractivity contribution in [2.24, 2.45) is 0 Å². The van der Waals surface area contributed by atoms with Crippen molar-refractivity contribution in [3.05, 3.63) is 66.7 Å². The molecule has 1 nitrogen and oxygen atoms in total. The lowest BCUT2D eigenvalue weighted by Gasteiger charge is -2.10. The minimum absolute atomic E-state index is 0. The first kappa shape index (κ1) is 12.8. The van der Waals surface area contributed by atoms with Gasteiger partial charge in [-0.3, -0.25) is 0 Å². The number of rotatable bonds is 0. The summed E-state index contributed by atoms with van der Waals surface area (Å²) < 4.78 is 0. The normalized spacial score (nSPS) is 10.8. The van der Waals surface area contributed by atoms with Crippen molar-refractivity contribution >= 4 is 50.4 Å². The van der Waals surface area contributed by atoms with Crippen LogP contribution in [0.4, 0.5) is 5.69 Å². The van der Waals surface area contributed by atoms with E-state index in [1.807, 2.05) is 6.07 Å². The predicted octanol–water partition coefficient (Wildman–Crippen LogP) is 5.15. The van der Waals surface area contributed by atoms with Crippen LogP contribution in [0.3, 0.4) is 0 Å². The monoisotopic (exact) mass is 279 g/mol. The van der Waals surface area contributed by atoms with Gasteiger partial charge in [0.2, 0.25) is 0 Å². The van der Waals surface area contributed by atoms with E-state index in [2.05, 4.69) is 60.7 Å². The lowest BCUT2D eigenvalue weighted by Crippen LogP contribution is -1.89. The van der Waals surface area contributed by atoms with E-state index in [0.717, 1.165) is 11.1 Å². The van der Waals surface area contributed by atoms with Crippen molar-refractivity contribution in [2.75, 3.05) is 5.73 Å². The molecule has 98 valence electrons. The molecule has 0 aliphatic rings. The molecule has 0 saturated carbocycles. The number of nitrogens with two attached hydrogens (primary N) is 1. The van der Waals surface area contributed by atoms with Gasteiger partial charge in [-0.25, -0.2) is 0 Å². The molecule has 0 amide bonds. The molecule has 0 aromatic heterocycles. The van der Waals surface area contributed by atoms with Crippen LogP contribution < -0.4 is 5.73 Å². The summed E-state index contributed by atoms with van der Waals surface area (Å²) in [6.07, 6.45) is 0. The second-order valence-electron chi connectivity index (χ2n) is 4.90. The first-order chi connectivity index (χ1) is 9.34. The third-order valence-electron chi connectivity index (χ3n) is 3.78. The van der Waals surface area contributed by atoms with E-state index < -0.39 is 0 Å². The maximum absolute atomic E-state index is 6.17. The Morgan fingerprint density at radius 3 is 2.00 bits per heavy atom. The molecular weight excluding hydrogens is 266 g/mol. The van der Waals surface area contributed by atoms with E-state index in [1.54, 1.807) is 0 Å². The molecule has 2 N–H and O–H groups in total. The quantitative estimate of drug-likeness (QED) is 0.350. The number of nitrogen functional groups attached to an aromatic ring is 1. The Morgan fingerprint density at radius 1 is 0.600 bits per heavy atom. The van der Waals surface area contributed by atoms with Gasteiger partial charge in [-0.15, -0.1) is 12.4 Å². The molecular formula is C18H14ClN. The van der Waals surface area contributed by atoms with Gasteiger partial charge < -0.3 is 5.73 Å². The van der Waals surface area contributed by atoms with Crippen LogP contribution in [0.1, 0.15) is 0 Å². The summed E-state index contributed by atoms with van der Waals surface area (Å²) in [7, 11) is 0. The zero-order valence-corrected chi connectivity index (χ0v) is 11.7. The Hall–Kier alpha value is -2.25. The SMILES string of the molecule is Cl.Nc1cc2ccc3ccccc3c2c2ccccc12. The Balaban J connectivity index is 0.00000121. The van der Waals surface area contributed by atoms with Crippen molar-refractivity contribution in [3.63, 3.8) is 0 Å². The first-order valence-corrected chi connectivity index (χ1v) is 6.43. The molecule has 4 aromatic carbocycles. The third kappa shape index (κ3) is 1.71. The molecule has 0 atom stereocenters. The first-order valence-electron chi connectivity index (χ1n) is 6.43. The van der Waals surface area contributed by atoms with Gasteiger partial charge in [0.05, 0.1) is 0 Å². The molecule has 4 rings (SSSR count). The van der Waals surface area contributed by atoms with Gasteiger partial charge >= 0.3 is 0 Å². The van der Waals surface area contributed by atoms with Crippen molar-refractivity contribution in [1.29, 1.82) is 0 Å². The summed E-state index contributed by atoms with van der Waals surface area (Å²) in [5.74, 6) is 0. The summed E-state index contributed by atoms with van der Waals surface area (Å²) in [5, 5.41) is 7.42. The van der Waals surface area contributed by atoms with E-state index >= 15 is 0 Å². The predicted molar refractivity (Wildman–Crippen MR) is 90.6 cm³/mol. The molecule has 2 heteroatoms. The molecule has 0 unspecified atom stereocenters. The van der Waals surface area contributed by atoms with E-state index in [-0.39, 0.29) is 12.4 Å². The molecule has 0 bridgehead atoms. The van der Waals surface area contributed by atoms with Crippen LogP contribution in [0.5, 0.6) is 0 Å². The van der Waals surface area contributed by atoms with Crippen molar-refractivity contribution in [3.8, 4) is 0 Å². The van der Waals surface area contributed by atoms with Crippen molar-refractivity contribution < 1.29 is 0 Å². The number of halogens is 1. The van der Waals surface area contributed by atoms with Crippen molar-refractivity contribution in [2.45, 2.75) is 0 Å². The summed E-state index contributed by atoms with van der Waals surface area (Å²) >= 11 is 0. The number of anilines is 1. The van der Waals surface area contributed by atoms with E-state index in [9.17, 15) is 0 Å². The Bertz CT molecular complexity index is 928. The number of hydrogen-bond donors (Lipinski definition) is 1. The number of fused-ring (bicyclic) bond motifs is 5. The van der Waals surface area contributed by atoms with Gasteiger partial charge in [0.25, 0.3) is 0 Å². The summed E-state index contributed by atoms with van der Waals surface area (Å²) in [4.78, 5) is 0. The zero-order valence-electron chi connectivity index (χ0n) is 10.8. The Morgan fingerprint density at radius 2 is 1.20 bits per heavy atom. The highest BCUT2D eigenvalue weighted by Gasteiger charge is 2.07. The van der Waals surface area contributed by atoms with Gasteiger partial charge in [0, 0.05) is 11.1 Å².